The van der Waals surface area contributed by atoms with Crippen LogP contribution in [0.4, 0.5) is 11.5 Å². The molecule has 14 heavy (non-hydrogen) atoms. The molecule has 0 unspecified atom stereocenters. The van der Waals surface area contributed by atoms with E-state index in [1.54, 1.807) is 14.0 Å². The van der Waals surface area contributed by atoms with E-state index in [1.807, 2.05) is 0 Å². The third kappa shape index (κ3) is 1.43. The molecule has 0 bridgehead atoms. The highest BCUT2D eigenvalue weighted by atomic mass is 16.6. The van der Waals surface area contributed by atoms with Gasteiger partial charge < -0.3 is 5.32 Å². The second-order valence-electron chi connectivity index (χ2n) is 3.58. The molecule has 0 radical (unpaired) electrons. The van der Waals surface area contributed by atoms with Crippen LogP contribution in [0.25, 0.3) is 0 Å². The van der Waals surface area contributed by atoms with Crippen molar-refractivity contribution in [2.24, 2.45) is 7.05 Å². The largest absolute Gasteiger partial charge is 0.362 e. The summed E-state index contributed by atoms with van der Waals surface area (Å²) in [4.78, 5) is 10.4. The summed E-state index contributed by atoms with van der Waals surface area (Å²) in [6.07, 6.45) is 2.17. The van der Waals surface area contributed by atoms with E-state index in [9.17, 15) is 10.1 Å². The predicted octanol–water partition coefficient (Wildman–Crippen LogP) is 1.21. The molecule has 2 rings (SSSR count). The maximum Gasteiger partial charge on any atom is 0.333 e. The Hall–Kier alpha value is -1.59. The van der Waals surface area contributed by atoms with Crippen LogP contribution in [-0.4, -0.2) is 20.7 Å². The average molecular weight is 196 g/mol. The van der Waals surface area contributed by atoms with E-state index in [0.717, 1.165) is 12.8 Å². The average Bonchev–Trinajstić information content (AvgIpc) is 2.80. The SMILES string of the molecule is Cc1nn(C)c(NC2CC2)c1[N+](=O)[O-]. The lowest BCUT2D eigenvalue weighted by atomic mass is 10.4. The smallest absolute Gasteiger partial charge is 0.333 e. The normalized spacial score (nSPS) is 15.6. The molecule has 1 fully saturated rings. The fourth-order valence-electron chi connectivity index (χ4n) is 1.45. The third-order valence-electron chi connectivity index (χ3n) is 2.29. The molecule has 1 heterocycles. The van der Waals surface area contributed by atoms with Gasteiger partial charge in [-0.05, 0) is 19.8 Å². The zero-order valence-corrected chi connectivity index (χ0v) is 8.15. The Bertz CT molecular complexity index is 381. The van der Waals surface area contributed by atoms with E-state index in [0.29, 0.717) is 17.6 Å². The quantitative estimate of drug-likeness (QED) is 0.582. The zero-order chi connectivity index (χ0) is 10.3. The lowest BCUT2D eigenvalue weighted by molar-refractivity contribution is -0.384. The van der Waals surface area contributed by atoms with Crippen LogP contribution in [0.5, 0.6) is 0 Å². The van der Waals surface area contributed by atoms with Gasteiger partial charge in [-0.15, -0.1) is 0 Å². The number of anilines is 1. The molecule has 1 saturated carbocycles. The van der Waals surface area contributed by atoms with Gasteiger partial charge in [0.05, 0.1) is 4.92 Å². The van der Waals surface area contributed by atoms with Crippen LogP contribution >= 0.6 is 0 Å². The topological polar surface area (TPSA) is 73.0 Å². The zero-order valence-electron chi connectivity index (χ0n) is 8.15. The number of rotatable bonds is 3. The first-order chi connectivity index (χ1) is 6.59. The molecule has 0 amide bonds. The summed E-state index contributed by atoms with van der Waals surface area (Å²) < 4.78 is 1.53. The first-order valence-corrected chi connectivity index (χ1v) is 4.54. The van der Waals surface area contributed by atoms with Crippen molar-refractivity contribution in [2.45, 2.75) is 25.8 Å². The molecule has 1 aromatic rings. The summed E-state index contributed by atoms with van der Waals surface area (Å²) in [5, 5.41) is 17.9. The number of hydrogen-bond acceptors (Lipinski definition) is 4. The maximum absolute atomic E-state index is 10.8. The Kier molecular flexibility index (Phi) is 1.90. The minimum Gasteiger partial charge on any atom is -0.362 e. The molecule has 6 nitrogen and oxygen atoms in total. The number of aromatic nitrogens is 2. The molecule has 0 atom stereocenters. The summed E-state index contributed by atoms with van der Waals surface area (Å²) in [5.41, 5.74) is 0.556. The van der Waals surface area contributed by atoms with Gasteiger partial charge in [0.25, 0.3) is 0 Å². The van der Waals surface area contributed by atoms with Gasteiger partial charge in [-0.2, -0.15) is 5.10 Å². The van der Waals surface area contributed by atoms with Crippen molar-refractivity contribution in [3.05, 3.63) is 15.8 Å². The first kappa shape index (κ1) is 8.98. The molecule has 1 aliphatic carbocycles. The van der Waals surface area contributed by atoms with E-state index in [1.165, 1.54) is 4.68 Å². The fraction of sp³-hybridized carbons (Fsp3) is 0.625. The van der Waals surface area contributed by atoms with E-state index in [4.69, 9.17) is 0 Å². The van der Waals surface area contributed by atoms with E-state index in [-0.39, 0.29) is 10.6 Å². The Morgan fingerprint density at radius 1 is 1.64 bits per heavy atom. The summed E-state index contributed by atoms with van der Waals surface area (Å²) in [5.74, 6) is 0.523. The first-order valence-electron chi connectivity index (χ1n) is 4.54. The summed E-state index contributed by atoms with van der Waals surface area (Å²) in [6, 6.07) is 0.392. The molecule has 0 spiro atoms. The van der Waals surface area contributed by atoms with Gasteiger partial charge in [0.1, 0.15) is 5.69 Å². The Labute approximate surface area is 81.1 Å². The van der Waals surface area contributed by atoms with Crippen LogP contribution in [0.1, 0.15) is 18.5 Å². The molecular weight excluding hydrogens is 184 g/mol. The lowest BCUT2D eigenvalue weighted by Gasteiger charge is -2.02. The van der Waals surface area contributed by atoms with Crippen LogP contribution in [0, 0.1) is 17.0 Å². The summed E-state index contributed by atoms with van der Waals surface area (Å²) in [6.45, 7) is 1.65. The number of nitrogens with zero attached hydrogens (tertiary/aromatic N) is 3. The van der Waals surface area contributed by atoms with Gasteiger partial charge >= 0.3 is 5.69 Å². The fourth-order valence-corrected chi connectivity index (χ4v) is 1.45. The van der Waals surface area contributed by atoms with Gasteiger partial charge in [-0.25, -0.2) is 4.68 Å². The lowest BCUT2D eigenvalue weighted by Crippen LogP contribution is -2.07. The molecular formula is C8H12N4O2. The van der Waals surface area contributed by atoms with Gasteiger partial charge in [0.15, 0.2) is 0 Å². The van der Waals surface area contributed by atoms with Gasteiger partial charge in [0.2, 0.25) is 5.82 Å². The molecule has 0 aromatic carbocycles. The number of nitrogens with one attached hydrogen (secondary N) is 1. The highest BCUT2D eigenvalue weighted by Gasteiger charge is 2.29. The van der Waals surface area contributed by atoms with Crippen LogP contribution in [0.2, 0.25) is 0 Å². The van der Waals surface area contributed by atoms with Crippen molar-refractivity contribution >= 4 is 11.5 Å². The van der Waals surface area contributed by atoms with E-state index < -0.39 is 0 Å². The Balaban J connectivity index is 2.38. The highest BCUT2D eigenvalue weighted by molar-refractivity contribution is 5.60. The van der Waals surface area contributed by atoms with Crippen molar-refractivity contribution in [3.63, 3.8) is 0 Å². The summed E-state index contributed by atoms with van der Waals surface area (Å²) in [7, 11) is 1.71. The molecule has 1 N–H and O–H groups in total. The minimum absolute atomic E-state index is 0.0967. The van der Waals surface area contributed by atoms with Crippen LogP contribution < -0.4 is 5.32 Å². The van der Waals surface area contributed by atoms with Crippen molar-refractivity contribution in [1.82, 2.24) is 9.78 Å². The molecule has 6 heteroatoms. The maximum atomic E-state index is 10.8. The molecule has 1 aliphatic rings. The monoisotopic (exact) mass is 196 g/mol. The van der Waals surface area contributed by atoms with Gasteiger partial charge in [-0.1, -0.05) is 0 Å². The Morgan fingerprint density at radius 2 is 2.29 bits per heavy atom. The van der Waals surface area contributed by atoms with Gasteiger partial charge in [0, 0.05) is 13.1 Å². The molecule has 76 valence electrons. The second kappa shape index (κ2) is 2.97. The molecule has 0 aliphatic heterocycles. The van der Waals surface area contributed by atoms with Crippen molar-refractivity contribution < 1.29 is 4.92 Å². The summed E-state index contributed by atoms with van der Waals surface area (Å²) >= 11 is 0. The molecule has 0 saturated heterocycles. The van der Waals surface area contributed by atoms with Crippen LogP contribution in [-0.2, 0) is 7.05 Å². The van der Waals surface area contributed by atoms with Crippen LogP contribution in [0.15, 0.2) is 0 Å². The van der Waals surface area contributed by atoms with E-state index in [2.05, 4.69) is 10.4 Å². The minimum atomic E-state index is -0.382. The Morgan fingerprint density at radius 3 is 2.79 bits per heavy atom. The number of nitro groups is 1. The van der Waals surface area contributed by atoms with Gasteiger partial charge in [-0.3, -0.25) is 10.1 Å². The number of aryl methyl sites for hydroxylation is 2. The second-order valence-corrected chi connectivity index (χ2v) is 3.58. The van der Waals surface area contributed by atoms with Crippen molar-refractivity contribution in [1.29, 1.82) is 0 Å². The van der Waals surface area contributed by atoms with Crippen molar-refractivity contribution in [3.8, 4) is 0 Å². The molecule has 1 aromatic heterocycles. The van der Waals surface area contributed by atoms with Crippen molar-refractivity contribution in [2.75, 3.05) is 5.32 Å². The van der Waals surface area contributed by atoms with E-state index >= 15 is 0 Å². The standard InChI is InChI=1S/C8H12N4O2/c1-5-7(12(13)14)8(11(2)10-5)9-6-3-4-6/h6,9H,3-4H2,1-2H3. The highest BCUT2D eigenvalue weighted by Crippen LogP contribution is 2.32. The van der Waals surface area contributed by atoms with Crippen LogP contribution in [0.3, 0.4) is 0 Å². The third-order valence-corrected chi connectivity index (χ3v) is 2.29. The predicted molar refractivity (Wildman–Crippen MR) is 51.2 cm³/mol. The number of hydrogen-bond donors (Lipinski definition) is 1.